The maximum atomic E-state index is 12.1. The Bertz CT molecular complexity index is 785. The summed E-state index contributed by atoms with van der Waals surface area (Å²) in [7, 11) is 0. The van der Waals surface area contributed by atoms with Gasteiger partial charge in [0, 0.05) is 31.6 Å². The molecule has 0 unspecified atom stereocenters. The molecule has 0 spiro atoms. The molecule has 0 saturated carbocycles. The Hall–Kier alpha value is -2.90. The SMILES string of the molecule is CC(C)Oc1ccc(-c2noc(C(=O)NCCCN3CCCC3=O)n2)cc1. The van der Waals surface area contributed by atoms with E-state index in [2.05, 4.69) is 15.5 Å². The first-order chi connectivity index (χ1) is 13.0. The van der Waals surface area contributed by atoms with Gasteiger partial charge in [-0.15, -0.1) is 0 Å². The number of nitrogens with one attached hydrogen (secondary N) is 1. The van der Waals surface area contributed by atoms with Crippen LogP contribution in [-0.2, 0) is 4.79 Å². The van der Waals surface area contributed by atoms with Crippen molar-refractivity contribution in [3.63, 3.8) is 0 Å². The smallest absolute Gasteiger partial charge is 0.316 e. The first-order valence-corrected chi connectivity index (χ1v) is 9.19. The lowest BCUT2D eigenvalue weighted by molar-refractivity contribution is -0.127. The molecule has 1 aliphatic heterocycles. The Labute approximate surface area is 157 Å². The van der Waals surface area contributed by atoms with Crippen molar-refractivity contribution in [3.8, 4) is 17.1 Å². The van der Waals surface area contributed by atoms with Crippen LogP contribution in [0.15, 0.2) is 28.8 Å². The van der Waals surface area contributed by atoms with E-state index in [-0.39, 0.29) is 17.9 Å². The van der Waals surface area contributed by atoms with E-state index in [1.807, 2.05) is 43.0 Å². The van der Waals surface area contributed by atoms with E-state index >= 15 is 0 Å². The molecule has 1 N–H and O–H groups in total. The van der Waals surface area contributed by atoms with E-state index in [0.717, 1.165) is 24.3 Å². The van der Waals surface area contributed by atoms with Gasteiger partial charge in [-0.1, -0.05) is 5.16 Å². The molecule has 0 atom stereocenters. The molecule has 1 aliphatic rings. The highest BCUT2D eigenvalue weighted by molar-refractivity contribution is 5.89. The zero-order chi connectivity index (χ0) is 19.2. The first kappa shape index (κ1) is 18.9. The quantitative estimate of drug-likeness (QED) is 0.714. The maximum absolute atomic E-state index is 12.1. The molecule has 8 heteroatoms. The number of aromatic nitrogens is 2. The minimum absolute atomic E-state index is 0.0789. The van der Waals surface area contributed by atoms with Crippen molar-refractivity contribution in [2.24, 2.45) is 0 Å². The highest BCUT2D eigenvalue weighted by atomic mass is 16.5. The Morgan fingerprint density at radius 2 is 2.11 bits per heavy atom. The average molecular weight is 372 g/mol. The molecule has 2 heterocycles. The number of ether oxygens (including phenoxy) is 1. The molecule has 1 saturated heterocycles. The van der Waals surface area contributed by atoms with Crippen molar-refractivity contribution in [3.05, 3.63) is 30.2 Å². The van der Waals surface area contributed by atoms with Gasteiger partial charge in [-0.25, -0.2) is 0 Å². The molecule has 0 bridgehead atoms. The zero-order valence-electron chi connectivity index (χ0n) is 15.6. The summed E-state index contributed by atoms with van der Waals surface area (Å²) in [6, 6.07) is 7.28. The molecule has 144 valence electrons. The Balaban J connectivity index is 1.49. The third kappa shape index (κ3) is 5.06. The van der Waals surface area contributed by atoms with Crippen LogP contribution in [0.3, 0.4) is 0 Å². The van der Waals surface area contributed by atoms with E-state index in [1.165, 1.54) is 0 Å². The topological polar surface area (TPSA) is 97.6 Å². The molecular weight excluding hydrogens is 348 g/mol. The van der Waals surface area contributed by atoms with Gasteiger partial charge in [0.1, 0.15) is 5.75 Å². The van der Waals surface area contributed by atoms with Crippen LogP contribution in [0.5, 0.6) is 5.75 Å². The second-order valence-electron chi connectivity index (χ2n) is 6.71. The number of carbonyl (C=O) groups is 2. The predicted molar refractivity (Wildman–Crippen MR) is 98.3 cm³/mol. The monoisotopic (exact) mass is 372 g/mol. The molecule has 27 heavy (non-hydrogen) atoms. The Kier molecular flexibility index (Phi) is 6.05. The van der Waals surface area contributed by atoms with E-state index in [0.29, 0.717) is 31.8 Å². The minimum atomic E-state index is -0.416. The van der Waals surface area contributed by atoms with Gasteiger partial charge in [-0.3, -0.25) is 9.59 Å². The number of hydrogen-bond donors (Lipinski definition) is 1. The van der Waals surface area contributed by atoms with Crippen LogP contribution >= 0.6 is 0 Å². The van der Waals surface area contributed by atoms with E-state index in [4.69, 9.17) is 9.26 Å². The van der Waals surface area contributed by atoms with E-state index < -0.39 is 5.91 Å². The van der Waals surface area contributed by atoms with Gasteiger partial charge in [-0.2, -0.15) is 4.98 Å². The van der Waals surface area contributed by atoms with Gasteiger partial charge in [0.05, 0.1) is 6.10 Å². The average Bonchev–Trinajstić information content (AvgIpc) is 3.28. The Morgan fingerprint density at radius 3 is 2.78 bits per heavy atom. The fourth-order valence-corrected chi connectivity index (χ4v) is 2.88. The molecular formula is C19H24N4O4. The van der Waals surface area contributed by atoms with Crippen LogP contribution in [0.25, 0.3) is 11.4 Å². The Morgan fingerprint density at radius 1 is 1.33 bits per heavy atom. The second kappa shape index (κ2) is 8.66. The molecule has 1 aromatic carbocycles. The fourth-order valence-electron chi connectivity index (χ4n) is 2.88. The second-order valence-corrected chi connectivity index (χ2v) is 6.71. The summed E-state index contributed by atoms with van der Waals surface area (Å²) >= 11 is 0. The summed E-state index contributed by atoms with van der Waals surface area (Å²) in [6.07, 6.45) is 2.33. The van der Waals surface area contributed by atoms with Gasteiger partial charge in [0.2, 0.25) is 11.7 Å². The molecule has 1 aromatic heterocycles. The summed E-state index contributed by atoms with van der Waals surface area (Å²) in [6.45, 7) is 5.82. The van der Waals surface area contributed by atoms with Crippen LogP contribution in [0, 0.1) is 0 Å². The van der Waals surface area contributed by atoms with Crippen molar-refractivity contribution < 1.29 is 18.8 Å². The molecule has 0 aliphatic carbocycles. The largest absolute Gasteiger partial charge is 0.491 e. The third-order valence-electron chi connectivity index (χ3n) is 4.17. The van der Waals surface area contributed by atoms with Crippen LogP contribution in [0.2, 0.25) is 0 Å². The number of rotatable bonds is 8. The summed E-state index contributed by atoms with van der Waals surface area (Å²) < 4.78 is 10.6. The molecule has 1 fully saturated rings. The summed E-state index contributed by atoms with van der Waals surface area (Å²) in [4.78, 5) is 29.6. The number of nitrogens with zero attached hydrogens (tertiary/aromatic N) is 3. The summed E-state index contributed by atoms with van der Waals surface area (Å²) in [5.41, 5.74) is 0.737. The van der Waals surface area contributed by atoms with Gasteiger partial charge >= 0.3 is 11.8 Å². The van der Waals surface area contributed by atoms with Crippen molar-refractivity contribution in [1.82, 2.24) is 20.4 Å². The van der Waals surface area contributed by atoms with Crippen LogP contribution in [0.4, 0.5) is 0 Å². The lowest BCUT2D eigenvalue weighted by Gasteiger charge is -2.14. The van der Waals surface area contributed by atoms with Gasteiger partial charge in [0.25, 0.3) is 0 Å². The van der Waals surface area contributed by atoms with Gasteiger partial charge in [-0.05, 0) is 51.0 Å². The van der Waals surface area contributed by atoms with Crippen molar-refractivity contribution in [1.29, 1.82) is 0 Å². The first-order valence-electron chi connectivity index (χ1n) is 9.19. The maximum Gasteiger partial charge on any atom is 0.316 e. The lowest BCUT2D eigenvalue weighted by Crippen LogP contribution is -2.30. The van der Waals surface area contributed by atoms with Crippen molar-refractivity contribution in [2.45, 2.75) is 39.2 Å². The number of amides is 2. The normalized spacial score (nSPS) is 14.0. The molecule has 2 aromatic rings. The van der Waals surface area contributed by atoms with E-state index in [9.17, 15) is 9.59 Å². The number of hydrogen-bond acceptors (Lipinski definition) is 6. The number of likely N-dealkylation sites (tertiary alicyclic amines) is 1. The minimum Gasteiger partial charge on any atom is -0.491 e. The molecule has 3 rings (SSSR count). The van der Waals surface area contributed by atoms with E-state index in [1.54, 1.807) is 0 Å². The number of carbonyl (C=O) groups excluding carboxylic acids is 2. The highest BCUT2D eigenvalue weighted by Crippen LogP contribution is 2.20. The highest BCUT2D eigenvalue weighted by Gasteiger charge is 2.20. The summed E-state index contributed by atoms with van der Waals surface area (Å²) in [5.74, 6) is 0.796. The third-order valence-corrected chi connectivity index (χ3v) is 4.17. The van der Waals surface area contributed by atoms with Crippen molar-refractivity contribution in [2.75, 3.05) is 19.6 Å². The van der Waals surface area contributed by atoms with Crippen LogP contribution in [0.1, 0.15) is 43.8 Å². The lowest BCUT2D eigenvalue weighted by atomic mass is 10.2. The number of benzene rings is 1. The molecule has 0 radical (unpaired) electrons. The zero-order valence-corrected chi connectivity index (χ0v) is 15.6. The predicted octanol–water partition coefficient (Wildman–Crippen LogP) is 2.27. The fraction of sp³-hybridized carbons (Fsp3) is 0.474. The molecule has 8 nitrogen and oxygen atoms in total. The van der Waals surface area contributed by atoms with Crippen molar-refractivity contribution >= 4 is 11.8 Å². The van der Waals surface area contributed by atoms with Gasteiger partial charge in [0.15, 0.2) is 0 Å². The molecule has 2 amide bonds. The van der Waals surface area contributed by atoms with Crippen LogP contribution in [-0.4, -0.2) is 52.6 Å². The standard InChI is InChI=1S/C19H24N4O4/c1-13(2)26-15-8-6-14(7-9-15)17-21-19(27-22-17)18(25)20-10-4-12-23-11-3-5-16(23)24/h6-9,13H,3-5,10-12H2,1-2H3,(H,20,25). The summed E-state index contributed by atoms with van der Waals surface area (Å²) in [5, 5.41) is 6.60. The van der Waals surface area contributed by atoms with Gasteiger partial charge < -0.3 is 19.5 Å². The van der Waals surface area contributed by atoms with Crippen LogP contribution < -0.4 is 10.1 Å².